The van der Waals surface area contributed by atoms with Crippen LogP contribution in [0.3, 0.4) is 0 Å². The number of aromatic amines is 1. The number of para-hydroxylation sites is 5. The fourth-order valence-electron chi connectivity index (χ4n) is 4.83. The van der Waals surface area contributed by atoms with Gasteiger partial charge < -0.3 is 19.4 Å². The molecule has 0 radical (unpaired) electrons. The Morgan fingerprint density at radius 3 is 2.29 bits per heavy atom. The van der Waals surface area contributed by atoms with Gasteiger partial charge in [-0.2, -0.15) is 0 Å². The van der Waals surface area contributed by atoms with Crippen molar-refractivity contribution in [2.24, 2.45) is 0 Å². The minimum absolute atomic E-state index is 0.742. The normalized spacial score (nSPS) is 14.4. The molecule has 5 nitrogen and oxygen atoms in total. The average Bonchev–Trinajstić information content (AvgIpc) is 3.31. The quantitative estimate of drug-likeness (QED) is 0.309. The summed E-state index contributed by atoms with van der Waals surface area (Å²) in [4.78, 5) is 8.42. The number of ether oxygens (including phenoxy) is 2. The Labute approximate surface area is 201 Å². The summed E-state index contributed by atoms with van der Waals surface area (Å²) >= 11 is 0. The van der Waals surface area contributed by atoms with Crippen LogP contribution in [0.5, 0.6) is 17.2 Å². The van der Waals surface area contributed by atoms with E-state index in [0.29, 0.717) is 0 Å². The number of piperazine rings is 1. The zero-order valence-corrected chi connectivity index (χ0v) is 19.9. The van der Waals surface area contributed by atoms with Crippen LogP contribution in [-0.4, -0.2) is 49.7 Å². The lowest BCUT2D eigenvalue weighted by atomic mass is 10.1. The number of H-pyrrole nitrogens is 1. The molecular weight excluding hydrogens is 422 g/mol. The molecule has 0 bridgehead atoms. The molecule has 1 saturated heterocycles. The summed E-state index contributed by atoms with van der Waals surface area (Å²) in [5.41, 5.74) is 3.82. The maximum atomic E-state index is 6.27. The molecule has 0 unspecified atom stereocenters. The van der Waals surface area contributed by atoms with Gasteiger partial charge in [0.25, 0.3) is 0 Å². The molecule has 4 aromatic rings. The van der Waals surface area contributed by atoms with Gasteiger partial charge in [-0.05, 0) is 61.7 Å². The highest BCUT2D eigenvalue weighted by molar-refractivity contribution is 5.83. The Hall–Kier alpha value is -3.44. The van der Waals surface area contributed by atoms with Gasteiger partial charge in [-0.1, -0.05) is 42.5 Å². The lowest BCUT2D eigenvalue weighted by molar-refractivity contribution is 0.252. The van der Waals surface area contributed by atoms with E-state index in [-0.39, 0.29) is 0 Å². The summed E-state index contributed by atoms with van der Waals surface area (Å²) in [6.45, 7) is 5.34. The zero-order chi connectivity index (χ0) is 23.2. The smallest absolute Gasteiger partial charge is 0.169 e. The van der Waals surface area contributed by atoms with Crippen LogP contribution in [0.15, 0.2) is 79.0 Å². The Balaban J connectivity index is 1.12. The van der Waals surface area contributed by atoms with Gasteiger partial charge in [0, 0.05) is 43.3 Å². The third kappa shape index (κ3) is 5.05. The second-order valence-corrected chi connectivity index (χ2v) is 8.87. The first-order valence-electron chi connectivity index (χ1n) is 12.2. The van der Waals surface area contributed by atoms with Crippen molar-refractivity contribution in [2.45, 2.75) is 19.3 Å². The number of nitrogens with zero attached hydrogens (tertiary/aromatic N) is 2. The van der Waals surface area contributed by atoms with E-state index < -0.39 is 0 Å². The molecule has 176 valence electrons. The third-order valence-electron chi connectivity index (χ3n) is 6.71. The lowest BCUT2D eigenvalue weighted by Crippen LogP contribution is -2.46. The topological polar surface area (TPSA) is 40.7 Å². The van der Waals surface area contributed by atoms with Crippen molar-refractivity contribution in [3.05, 3.63) is 84.6 Å². The predicted molar refractivity (Wildman–Crippen MR) is 139 cm³/mol. The molecule has 5 heteroatoms. The maximum absolute atomic E-state index is 6.27. The van der Waals surface area contributed by atoms with Crippen molar-refractivity contribution < 1.29 is 9.47 Å². The molecule has 2 heterocycles. The maximum Gasteiger partial charge on any atom is 0.169 e. The van der Waals surface area contributed by atoms with Gasteiger partial charge in [-0.3, -0.25) is 4.90 Å². The third-order valence-corrected chi connectivity index (χ3v) is 6.71. The van der Waals surface area contributed by atoms with Crippen molar-refractivity contribution in [3.8, 4) is 17.2 Å². The lowest BCUT2D eigenvalue weighted by Gasteiger charge is -2.36. The molecule has 1 aliphatic heterocycles. The van der Waals surface area contributed by atoms with Crippen molar-refractivity contribution in [1.29, 1.82) is 0 Å². The number of hydrogen-bond donors (Lipinski definition) is 1. The van der Waals surface area contributed by atoms with Crippen LogP contribution in [-0.2, 0) is 6.42 Å². The van der Waals surface area contributed by atoms with Crippen molar-refractivity contribution >= 4 is 16.6 Å². The highest BCUT2D eigenvalue weighted by atomic mass is 16.5. The molecule has 0 atom stereocenters. The number of aromatic nitrogens is 1. The van der Waals surface area contributed by atoms with E-state index >= 15 is 0 Å². The number of unbranched alkanes of at least 4 members (excludes halogenated alkanes) is 1. The number of aryl methyl sites for hydroxylation is 1. The summed E-state index contributed by atoms with van der Waals surface area (Å²) in [5, 5.41) is 1.37. The summed E-state index contributed by atoms with van der Waals surface area (Å²) in [6, 6.07) is 24.7. The van der Waals surface area contributed by atoms with Gasteiger partial charge >= 0.3 is 0 Å². The number of benzene rings is 3. The number of nitrogens with one attached hydrogen (secondary N) is 1. The molecular formula is C29H33N3O2. The van der Waals surface area contributed by atoms with Crippen molar-refractivity contribution in [1.82, 2.24) is 9.88 Å². The summed E-state index contributed by atoms with van der Waals surface area (Å²) in [7, 11) is 1.67. The van der Waals surface area contributed by atoms with Gasteiger partial charge in [0.1, 0.15) is 0 Å². The highest BCUT2D eigenvalue weighted by Crippen LogP contribution is 2.36. The highest BCUT2D eigenvalue weighted by Gasteiger charge is 2.20. The van der Waals surface area contributed by atoms with Crippen LogP contribution in [0.4, 0.5) is 5.69 Å². The van der Waals surface area contributed by atoms with Crippen LogP contribution in [0, 0.1) is 0 Å². The van der Waals surface area contributed by atoms with Gasteiger partial charge in [-0.25, -0.2) is 0 Å². The minimum atomic E-state index is 0.742. The molecule has 1 aliphatic rings. The molecule has 0 saturated carbocycles. The molecule has 1 aromatic heterocycles. The number of rotatable bonds is 9. The first-order chi connectivity index (χ1) is 16.8. The number of anilines is 1. The number of fused-ring (bicyclic) bond motifs is 1. The van der Waals surface area contributed by atoms with Gasteiger partial charge in [0.15, 0.2) is 17.2 Å². The summed E-state index contributed by atoms with van der Waals surface area (Å²) in [5.74, 6) is 2.36. The molecule has 0 spiro atoms. The van der Waals surface area contributed by atoms with Crippen LogP contribution >= 0.6 is 0 Å². The van der Waals surface area contributed by atoms with Crippen LogP contribution < -0.4 is 14.4 Å². The summed E-state index contributed by atoms with van der Waals surface area (Å²) in [6.07, 6.45) is 5.76. The van der Waals surface area contributed by atoms with Crippen LogP contribution in [0.1, 0.15) is 18.4 Å². The standard InChI is InChI=1S/C29H33N3O2/c1-33-28-15-6-7-16-29(28)34-27-14-5-4-13-26(27)32-20-18-31(19-21-32)17-9-8-10-23-22-30-25-12-3-2-11-24(23)25/h2-7,11-16,22,30H,8-10,17-21H2,1H3. The molecule has 1 fully saturated rings. The SMILES string of the molecule is COc1ccccc1Oc1ccccc1N1CCN(CCCCc2c[nH]c3ccccc23)CC1. The van der Waals surface area contributed by atoms with Crippen LogP contribution in [0.25, 0.3) is 10.9 Å². The fourth-order valence-corrected chi connectivity index (χ4v) is 4.83. The zero-order valence-electron chi connectivity index (χ0n) is 19.9. The Morgan fingerprint density at radius 2 is 1.47 bits per heavy atom. The Bertz CT molecular complexity index is 1210. The van der Waals surface area contributed by atoms with E-state index in [1.54, 1.807) is 7.11 Å². The second-order valence-electron chi connectivity index (χ2n) is 8.87. The molecule has 34 heavy (non-hydrogen) atoms. The minimum Gasteiger partial charge on any atom is -0.493 e. The van der Waals surface area contributed by atoms with Gasteiger partial charge in [0.05, 0.1) is 12.8 Å². The number of hydrogen-bond acceptors (Lipinski definition) is 4. The Morgan fingerprint density at radius 1 is 0.765 bits per heavy atom. The van der Waals surface area contributed by atoms with Crippen molar-refractivity contribution in [3.63, 3.8) is 0 Å². The van der Waals surface area contributed by atoms with E-state index in [4.69, 9.17) is 9.47 Å². The Kier molecular flexibility index (Phi) is 7.01. The molecule has 5 rings (SSSR count). The fraction of sp³-hybridized carbons (Fsp3) is 0.310. The first kappa shape index (κ1) is 22.4. The molecule has 0 aliphatic carbocycles. The largest absolute Gasteiger partial charge is 0.493 e. The summed E-state index contributed by atoms with van der Waals surface area (Å²) < 4.78 is 11.7. The van der Waals surface area contributed by atoms with Crippen LogP contribution in [0.2, 0.25) is 0 Å². The first-order valence-corrected chi connectivity index (χ1v) is 12.2. The number of methoxy groups -OCH3 is 1. The predicted octanol–water partition coefficient (Wildman–Crippen LogP) is 6.11. The van der Waals surface area contributed by atoms with Gasteiger partial charge in [-0.15, -0.1) is 0 Å². The van der Waals surface area contributed by atoms with Crippen molar-refractivity contribution in [2.75, 3.05) is 44.7 Å². The van der Waals surface area contributed by atoms with E-state index in [1.165, 1.54) is 29.3 Å². The van der Waals surface area contributed by atoms with E-state index in [0.717, 1.165) is 62.1 Å². The van der Waals surface area contributed by atoms with E-state index in [2.05, 4.69) is 57.4 Å². The average molecular weight is 456 g/mol. The molecule has 1 N–H and O–H groups in total. The van der Waals surface area contributed by atoms with E-state index in [1.807, 2.05) is 36.4 Å². The second kappa shape index (κ2) is 10.7. The van der Waals surface area contributed by atoms with E-state index in [9.17, 15) is 0 Å². The monoisotopic (exact) mass is 455 g/mol. The molecule has 3 aromatic carbocycles. The van der Waals surface area contributed by atoms with Gasteiger partial charge in [0.2, 0.25) is 0 Å². The molecule has 0 amide bonds.